The van der Waals surface area contributed by atoms with Crippen LogP contribution in [0.3, 0.4) is 0 Å². The minimum atomic E-state index is 0.0761. The van der Waals surface area contributed by atoms with Crippen molar-refractivity contribution in [3.8, 4) is 0 Å². The molecule has 0 atom stereocenters. The maximum atomic E-state index is 12.7. The zero-order valence-corrected chi connectivity index (χ0v) is 30.3. The number of esters is 1. The van der Waals surface area contributed by atoms with E-state index in [4.69, 9.17) is 4.74 Å². The summed E-state index contributed by atoms with van der Waals surface area (Å²) in [6.07, 6.45) is 47.8. The Morgan fingerprint density at radius 1 is 0.349 bits per heavy atom. The fraction of sp³-hybridized carbons (Fsp3) is 0.976. The first-order chi connectivity index (χ1) is 21.2. The van der Waals surface area contributed by atoms with Gasteiger partial charge >= 0.3 is 5.97 Å². The Bertz CT molecular complexity index is 492. The van der Waals surface area contributed by atoms with Gasteiger partial charge in [0.1, 0.15) is 6.10 Å². The average Bonchev–Trinajstić information content (AvgIpc) is 3.01. The van der Waals surface area contributed by atoms with Gasteiger partial charge in [-0.1, -0.05) is 213 Å². The SMILES string of the molecule is CCCCCCCCCCCCCCCC(=O)OC(CCCCCCCCCCCC)CCCCCCCCCCCC. The molecule has 0 unspecified atom stereocenters. The van der Waals surface area contributed by atoms with E-state index in [9.17, 15) is 4.79 Å². The second-order valence-corrected chi connectivity index (χ2v) is 14.0. The summed E-state index contributed by atoms with van der Waals surface area (Å²) in [6.45, 7) is 6.88. The van der Waals surface area contributed by atoms with Crippen LogP contribution in [-0.2, 0) is 9.53 Å². The van der Waals surface area contributed by atoms with E-state index in [-0.39, 0.29) is 12.1 Å². The molecular formula is C41H82O2. The molecule has 0 aromatic heterocycles. The highest BCUT2D eigenvalue weighted by Crippen LogP contribution is 2.19. The number of hydrogen-bond donors (Lipinski definition) is 0. The summed E-state index contributed by atoms with van der Waals surface area (Å²) in [5.74, 6) is 0.0761. The monoisotopic (exact) mass is 607 g/mol. The Balaban J connectivity index is 4.01. The topological polar surface area (TPSA) is 26.3 Å². The predicted octanol–water partition coefficient (Wildman–Crippen LogP) is 15.0. The van der Waals surface area contributed by atoms with Gasteiger partial charge in [-0.25, -0.2) is 0 Å². The van der Waals surface area contributed by atoms with E-state index in [0.717, 1.165) is 19.3 Å². The lowest BCUT2D eigenvalue weighted by Gasteiger charge is -2.18. The minimum absolute atomic E-state index is 0.0761. The highest BCUT2D eigenvalue weighted by molar-refractivity contribution is 5.69. The lowest BCUT2D eigenvalue weighted by Crippen LogP contribution is -2.18. The molecule has 0 fully saturated rings. The van der Waals surface area contributed by atoms with Crippen LogP contribution in [0.5, 0.6) is 0 Å². The summed E-state index contributed by atoms with van der Waals surface area (Å²) >= 11 is 0. The van der Waals surface area contributed by atoms with Crippen molar-refractivity contribution in [3.05, 3.63) is 0 Å². The van der Waals surface area contributed by atoms with Crippen molar-refractivity contribution in [1.82, 2.24) is 0 Å². The summed E-state index contributed by atoms with van der Waals surface area (Å²) in [7, 11) is 0. The standard InChI is InChI=1S/C41H82O2/c1-4-7-10-13-16-19-22-23-24-27-30-33-36-39-41(42)43-40(37-34-31-28-25-20-17-14-11-8-5-2)38-35-32-29-26-21-18-15-12-9-6-3/h40H,4-39H2,1-3H3. The van der Waals surface area contributed by atoms with Gasteiger partial charge < -0.3 is 4.74 Å². The Labute approximate surface area is 273 Å². The average molecular weight is 607 g/mol. The molecular weight excluding hydrogens is 524 g/mol. The number of ether oxygens (including phenoxy) is 1. The molecule has 0 aromatic rings. The molecule has 0 saturated heterocycles. The molecule has 0 amide bonds. The second kappa shape index (κ2) is 37.7. The molecule has 0 bridgehead atoms. The van der Waals surface area contributed by atoms with Gasteiger partial charge in [0.15, 0.2) is 0 Å². The highest BCUT2D eigenvalue weighted by atomic mass is 16.5. The molecule has 258 valence electrons. The predicted molar refractivity (Wildman–Crippen MR) is 193 cm³/mol. The van der Waals surface area contributed by atoms with Gasteiger partial charge in [-0.15, -0.1) is 0 Å². The van der Waals surface area contributed by atoms with E-state index in [1.54, 1.807) is 0 Å². The zero-order valence-electron chi connectivity index (χ0n) is 30.3. The molecule has 0 rings (SSSR count). The molecule has 0 heterocycles. The van der Waals surface area contributed by atoms with Crippen molar-refractivity contribution in [2.75, 3.05) is 0 Å². The minimum Gasteiger partial charge on any atom is -0.462 e. The van der Waals surface area contributed by atoms with Crippen LogP contribution in [0.1, 0.15) is 252 Å². The fourth-order valence-corrected chi connectivity index (χ4v) is 6.51. The lowest BCUT2D eigenvalue weighted by atomic mass is 10.0. The lowest BCUT2D eigenvalue weighted by molar-refractivity contribution is -0.150. The fourth-order valence-electron chi connectivity index (χ4n) is 6.51. The van der Waals surface area contributed by atoms with Crippen LogP contribution in [0.25, 0.3) is 0 Å². The number of hydrogen-bond acceptors (Lipinski definition) is 2. The largest absolute Gasteiger partial charge is 0.462 e. The quantitative estimate of drug-likeness (QED) is 0.0519. The molecule has 0 spiro atoms. The van der Waals surface area contributed by atoms with Crippen molar-refractivity contribution in [3.63, 3.8) is 0 Å². The van der Waals surface area contributed by atoms with E-state index in [2.05, 4.69) is 20.8 Å². The van der Waals surface area contributed by atoms with E-state index in [0.29, 0.717) is 6.42 Å². The number of carbonyl (C=O) groups excluding carboxylic acids is 1. The van der Waals surface area contributed by atoms with Crippen LogP contribution in [0.15, 0.2) is 0 Å². The van der Waals surface area contributed by atoms with Gasteiger partial charge in [0, 0.05) is 6.42 Å². The Morgan fingerprint density at radius 3 is 0.860 bits per heavy atom. The zero-order chi connectivity index (χ0) is 31.3. The van der Waals surface area contributed by atoms with Gasteiger partial charge in [-0.05, 0) is 32.1 Å². The van der Waals surface area contributed by atoms with Gasteiger partial charge in [-0.3, -0.25) is 4.79 Å². The Kier molecular flexibility index (Phi) is 37.2. The first kappa shape index (κ1) is 42.5. The molecule has 0 radical (unpaired) electrons. The number of carbonyl (C=O) groups is 1. The summed E-state index contributed by atoms with van der Waals surface area (Å²) in [4.78, 5) is 12.7. The first-order valence-corrected chi connectivity index (χ1v) is 20.4. The highest BCUT2D eigenvalue weighted by Gasteiger charge is 2.14. The van der Waals surface area contributed by atoms with E-state index in [1.807, 2.05) is 0 Å². The van der Waals surface area contributed by atoms with Crippen LogP contribution in [-0.4, -0.2) is 12.1 Å². The molecule has 0 aliphatic carbocycles. The number of unbranched alkanes of at least 4 members (excludes halogenated alkanes) is 30. The van der Waals surface area contributed by atoms with Gasteiger partial charge in [0.25, 0.3) is 0 Å². The molecule has 0 aliphatic heterocycles. The van der Waals surface area contributed by atoms with Crippen LogP contribution >= 0.6 is 0 Å². The maximum Gasteiger partial charge on any atom is 0.306 e. The smallest absolute Gasteiger partial charge is 0.306 e. The van der Waals surface area contributed by atoms with Crippen LogP contribution in [0, 0.1) is 0 Å². The Morgan fingerprint density at radius 2 is 0.581 bits per heavy atom. The van der Waals surface area contributed by atoms with Crippen LogP contribution in [0.2, 0.25) is 0 Å². The maximum absolute atomic E-state index is 12.7. The third-order valence-electron chi connectivity index (χ3n) is 9.54. The second-order valence-electron chi connectivity index (χ2n) is 14.0. The molecule has 2 nitrogen and oxygen atoms in total. The first-order valence-electron chi connectivity index (χ1n) is 20.4. The summed E-state index contributed by atoms with van der Waals surface area (Å²) in [6, 6.07) is 0. The van der Waals surface area contributed by atoms with Crippen LogP contribution in [0.4, 0.5) is 0 Å². The normalized spacial score (nSPS) is 11.5. The van der Waals surface area contributed by atoms with Crippen molar-refractivity contribution in [2.45, 2.75) is 258 Å². The molecule has 0 aliphatic rings. The molecule has 2 heteroatoms. The number of rotatable bonds is 37. The molecule has 0 saturated carbocycles. The van der Waals surface area contributed by atoms with Crippen molar-refractivity contribution >= 4 is 5.97 Å². The van der Waals surface area contributed by atoms with E-state index in [1.165, 1.54) is 205 Å². The van der Waals surface area contributed by atoms with Gasteiger partial charge in [0.2, 0.25) is 0 Å². The molecule has 0 N–H and O–H groups in total. The van der Waals surface area contributed by atoms with Crippen molar-refractivity contribution in [2.24, 2.45) is 0 Å². The van der Waals surface area contributed by atoms with Gasteiger partial charge in [0.05, 0.1) is 0 Å². The molecule has 0 aromatic carbocycles. The third kappa shape index (κ3) is 35.8. The van der Waals surface area contributed by atoms with E-state index < -0.39 is 0 Å². The van der Waals surface area contributed by atoms with Crippen molar-refractivity contribution in [1.29, 1.82) is 0 Å². The summed E-state index contributed by atoms with van der Waals surface area (Å²) in [5, 5.41) is 0. The van der Waals surface area contributed by atoms with E-state index >= 15 is 0 Å². The van der Waals surface area contributed by atoms with Crippen LogP contribution < -0.4 is 0 Å². The molecule has 43 heavy (non-hydrogen) atoms. The van der Waals surface area contributed by atoms with Gasteiger partial charge in [-0.2, -0.15) is 0 Å². The Hall–Kier alpha value is -0.530. The third-order valence-corrected chi connectivity index (χ3v) is 9.54. The summed E-state index contributed by atoms with van der Waals surface area (Å²) < 4.78 is 6.08. The van der Waals surface area contributed by atoms with Crippen molar-refractivity contribution < 1.29 is 9.53 Å². The summed E-state index contributed by atoms with van der Waals surface area (Å²) in [5.41, 5.74) is 0.